The largest absolute Gasteiger partial charge is 0.438 e. The molecule has 0 unspecified atom stereocenters. The molecule has 1 aromatic heterocycles. The predicted octanol–water partition coefficient (Wildman–Crippen LogP) is -1.64. The first kappa shape index (κ1) is 5.10. The summed E-state index contributed by atoms with van der Waals surface area (Å²) in [6, 6.07) is 0. The number of hydrogen-bond acceptors (Lipinski definition) is 5. The van der Waals surface area contributed by atoms with Crippen molar-refractivity contribution in [2.24, 2.45) is 5.10 Å². The summed E-state index contributed by atoms with van der Waals surface area (Å²) in [5, 5.41) is 11.1. The molecule has 0 fully saturated rings. The van der Waals surface area contributed by atoms with Crippen LogP contribution in [0.1, 0.15) is 0 Å². The molecule has 10 heavy (non-hydrogen) atoms. The number of hydrazone groups is 1. The van der Waals surface area contributed by atoms with E-state index < -0.39 is 0 Å². The summed E-state index contributed by atoms with van der Waals surface area (Å²) < 4.78 is 1.47. The van der Waals surface area contributed by atoms with Crippen LogP contribution >= 0.6 is 0 Å². The molecule has 0 aliphatic carbocycles. The van der Waals surface area contributed by atoms with E-state index in [2.05, 4.69) is 25.8 Å². The molecule has 6 nitrogen and oxygen atoms in total. The van der Waals surface area contributed by atoms with Gasteiger partial charge in [0.2, 0.25) is 6.34 Å². The van der Waals surface area contributed by atoms with Gasteiger partial charge in [-0.1, -0.05) is 4.99 Å². The van der Waals surface area contributed by atoms with Crippen LogP contribution in [0, 0.1) is 0 Å². The van der Waals surface area contributed by atoms with E-state index in [4.69, 9.17) is 0 Å². The van der Waals surface area contributed by atoms with Gasteiger partial charge >= 0.3 is 5.96 Å². The first-order valence-electron chi connectivity index (χ1n) is 2.69. The number of rotatable bonds is 0. The van der Waals surface area contributed by atoms with Crippen LogP contribution in [0.2, 0.25) is 0 Å². The van der Waals surface area contributed by atoms with Gasteiger partial charge in [-0.25, -0.2) is 0 Å². The monoisotopic (exact) mass is 136 g/mol. The Morgan fingerprint density at radius 2 is 2.60 bits per heavy atom. The van der Waals surface area contributed by atoms with Gasteiger partial charge in [-0.05, 0) is 5.21 Å². The van der Waals surface area contributed by atoms with E-state index in [0.29, 0.717) is 5.96 Å². The Morgan fingerprint density at radius 1 is 1.60 bits per heavy atom. The van der Waals surface area contributed by atoms with Gasteiger partial charge in [0.25, 0.3) is 0 Å². The number of nitrogens with one attached hydrogen (secondary N) is 1. The minimum absolute atomic E-state index is 0.498. The van der Waals surface area contributed by atoms with E-state index in [0.717, 1.165) is 0 Å². The van der Waals surface area contributed by atoms with Gasteiger partial charge in [-0.2, -0.15) is 5.43 Å². The maximum Gasteiger partial charge on any atom is 0.438 e. The van der Waals surface area contributed by atoms with Gasteiger partial charge in [0.15, 0.2) is 0 Å². The molecule has 1 aromatic rings. The molecule has 1 radical (unpaired) electrons. The lowest BCUT2D eigenvalue weighted by Gasteiger charge is -1.78. The lowest BCUT2D eigenvalue weighted by molar-refractivity contribution is 0.823. The van der Waals surface area contributed by atoms with E-state index in [1.807, 2.05) is 0 Å². The quantitative estimate of drug-likeness (QED) is 0.465. The van der Waals surface area contributed by atoms with Crippen molar-refractivity contribution in [3.8, 4) is 0 Å². The molecule has 0 saturated carbocycles. The van der Waals surface area contributed by atoms with Crippen molar-refractivity contribution >= 4 is 12.3 Å². The Hall–Kier alpha value is -1.72. The third-order valence-corrected chi connectivity index (χ3v) is 1.03. The van der Waals surface area contributed by atoms with Crippen molar-refractivity contribution in [1.82, 2.24) is 25.4 Å². The highest BCUT2D eigenvalue weighted by atomic mass is 15.5. The maximum absolute atomic E-state index is 3.85. The minimum atomic E-state index is 0.498. The highest BCUT2D eigenvalue weighted by Crippen LogP contribution is 1.80. The molecule has 2 rings (SSSR count). The van der Waals surface area contributed by atoms with E-state index in [-0.39, 0.29) is 0 Å². The summed E-state index contributed by atoms with van der Waals surface area (Å²) in [4.78, 5) is 3.85. The first-order valence-corrected chi connectivity index (χ1v) is 2.69. The van der Waals surface area contributed by atoms with Crippen LogP contribution in [0.3, 0.4) is 0 Å². The first-order chi connectivity index (χ1) is 4.97. The number of aliphatic imine (C=N–C) groups is 1. The second kappa shape index (κ2) is 1.90. The SMILES string of the molecule is C1=[N+]C(n2ccnn2)=NN1. The minimum Gasteiger partial charge on any atom is -0.157 e. The molecule has 2 heterocycles. The zero-order chi connectivity index (χ0) is 6.81. The average Bonchev–Trinajstić information content (AvgIpc) is 2.59. The summed E-state index contributed by atoms with van der Waals surface area (Å²) >= 11 is 0. The summed E-state index contributed by atoms with van der Waals surface area (Å²) in [7, 11) is 0. The smallest absolute Gasteiger partial charge is 0.157 e. The second-order valence-electron chi connectivity index (χ2n) is 1.65. The zero-order valence-electron chi connectivity index (χ0n) is 4.97. The van der Waals surface area contributed by atoms with E-state index in [9.17, 15) is 0 Å². The Morgan fingerprint density at radius 3 is 3.20 bits per heavy atom. The van der Waals surface area contributed by atoms with Gasteiger partial charge in [-0.3, -0.25) is 0 Å². The highest BCUT2D eigenvalue weighted by molar-refractivity contribution is 5.89. The van der Waals surface area contributed by atoms with E-state index >= 15 is 0 Å². The van der Waals surface area contributed by atoms with Crippen LogP contribution in [-0.4, -0.2) is 27.3 Å². The second-order valence-corrected chi connectivity index (χ2v) is 1.65. The third-order valence-electron chi connectivity index (χ3n) is 1.03. The van der Waals surface area contributed by atoms with Crippen LogP contribution in [0.15, 0.2) is 17.5 Å². The molecule has 0 aromatic carbocycles. The molecule has 0 atom stereocenters. The molecule has 0 saturated heterocycles. The normalized spacial score (nSPS) is 15.0. The molecule has 1 N–H and O–H groups in total. The maximum atomic E-state index is 3.85. The Labute approximate surface area is 56.3 Å². The fourth-order valence-corrected chi connectivity index (χ4v) is 0.627. The molecule has 0 amide bonds. The number of nitrogens with zero attached hydrogens (tertiary/aromatic N) is 5. The highest BCUT2D eigenvalue weighted by Gasteiger charge is 2.14. The van der Waals surface area contributed by atoms with E-state index in [1.54, 1.807) is 12.4 Å². The topological polar surface area (TPSA) is 69.2 Å². The van der Waals surface area contributed by atoms with Crippen molar-refractivity contribution in [1.29, 1.82) is 0 Å². The Balaban J connectivity index is 2.36. The van der Waals surface area contributed by atoms with Crippen LogP contribution in [0.5, 0.6) is 0 Å². The molecule has 1 aliphatic rings. The van der Waals surface area contributed by atoms with Crippen LogP contribution < -0.4 is 10.4 Å². The molecule has 0 bridgehead atoms. The average molecular weight is 136 g/mol. The van der Waals surface area contributed by atoms with Gasteiger partial charge in [0, 0.05) is 5.10 Å². The van der Waals surface area contributed by atoms with Gasteiger partial charge in [0.1, 0.15) is 6.20 Å². The van der Waals surface area contributed by atoms with Crippen molar-refractivity contribution in [2.45, 2.75) is 0 Å². The predicted molar refractivity (Wildman–Crippen MR) is 34.2 cm³/mol. The Bertz CT molecular complexity index is 270. The summed E-state index contributed by atoms with van der Waals surface area (Å²) in [6.07, 6.45) is 4.72. The number of aromatic nitrogens is 3. The third kappa shape index (κ3) is 0.661. The molecular formula is C4H4N6+. The summed E-state index contributed by atoms with van der Waals surface area (Å²) in [5.74, 6) is 0.498. The van der Waals surface area contributed by atoms with Crippen LogP contribution in [0.4, 0.5) is 0 Å². The fourth-order valence-electron chi connectivity index (χ4n) is 0.627. The number of hydrogen-bond donors (Lipinski definition) is 1. The van der Waals surface area contributed by atoms with Crippen molar-refractivity contribution in [3.63, 3.8) is 0 Å². The molecule has 0 spiro atoms. The van der Waals surface area contributed by atoms with Crippen molar-refractivity contribution in [2.75, 3.05) is 0 Å². The standard InChI is InChI=1S/C4H4N6/c1-2-10(9-6-1)4-5-3-7-8-4/h1-3H,(H,7,8)/q+1. The van der Waals surface area contributed by atoms with Crippen LogP contribution in [0.25, 0.3) is 0 Å². The molecule has 1 aliphatic heterocycles. The molecule has 6 heteroatoms. The zero-order valence-corrected chi connectivity index (χ0v) is 4.97. The van der Waals surface area contributed by atoms with Gasteiger partial charge in [0.05, 0.1) is 6.20 Å². The molecule has 49 valence electrons. The summed E-state index contributed by atoms with van der Waals surface area (Å²) in [5.41, 5.74) is 2.57. The Kier molecular flexibility index (Phi) is 0.970. The van der Waals surface area contributed by atoms with Crippen molar-refractivity contribution in [3.05, 3.63) is 12.4 Å². The van der Waals surface area contributed by atoms with E-state index in [1.165, 1.54) is 11.0 Å². The van der Waals surface area contributed by atoms with Gasteiger partial charge in [-0.15, -0.1) is 9.78 Å². The fraction of sp³-hybridized carbons (Fsp3) is 0. The van der Waals surface area contributed by atoms with Crippen molar-refractivity contribution < 1.29 is 0 Å². The van der Waals surface area contributed by atoms with Crippen LogP contribution in [-0.2, 0) is 0 Å². The molecular weight excluding hydrogens is 132 g/mol. The van der Waals surface area contributed by atoms with Gasteiger partial charge < -0.3 is 0 Å². The summed E-state index contributed by atoms with van der Waals surface area (Å²) in [6.45, 7) is 0. The lowest BCUT2D eigenvalue weighted by Crippen LogP contribution is -2.14. The lowest BCUT2D eigenvalue weighted by atomic mass is 10.9.